The number of nitrogen functional groups attached to an aromatic ring is 1. The van der Waals surface area contributed by atoms with Gasteiger partial charge in [-0.1, -0.05) is 12.8 Å². The minimum Gasteiger partial charge on any atom is -0.484 e. The summed E-state index contributed by atoms with van der Waals surface area (Å²) in [6.45, 7) is 5.21. The molecule has 0 radical (unpaired) electrons. The molecule has 1 aliphatic carbocycles. The number of nitrogens with two attached hydrogens (primary N) is 1. The monoisotopic (exact) mass is 295 g/mol. The fourth-order valence-corrected chi connectivity index (χ4v) is 4.53. The van der Waals surface area contributed by atoms with Crippen LogP contribution in [0.3, 0.4) is 0 Å². The molecule has 2 aliphatic rings. The summed E-state index contributed by atoms with van der Waals surface area (Å²) < 4.78 is 10.3. The van der Waals surface area contributed by atoms with Gasteiger partial charge < -0.3 is 15.4 Å². The van der Waals surface area contributed by atoms with Gasteiger partial charge in [0.15, 0.2) is 16.6 Å². The minimum atomic E-state index is 0.138. The van der Waals surface area contributed by atoms with Gasteiger partial charge in [0, 0.05) is 12.6 Å². The predicted molar refractivity (Wildman–Crippen MR) is 84.6 cm³/mol. The van der Waals surface area contributed by atoms with Crippen molar-refractivity contribution in [3.05, 3.63) is 0 Å². The maximum atomic E-state index is 6.01. The Balaban J connectivity index is 1.87. The normalized spacial score (nSPS) is 26.6. The molecule has 5 heteroatoms. The van der Waals surface area contributed by atoms with E-state index in [-0.39, 0.29) is 6.10 Å². The molecule has 1 saturated carbocycles. The van der Waals surface area contributed by atoms with Gasteiger partial charge in [0.1, 0.15) is 0 Å². The highest BCUT2D eigenvalue weighted by molar-refractivity contribution is 7.11. The van der Waals surface area contributed by atoms with Crippen LogP contribution in [0.5, 0.6) is 5.75 Å². The summed E-state index contributed by atoms with van der Waals surface area (Å²) in [7, 11) is 0. The molecule has 0 amide bonds. The van der Waals surface area contributed by atoms with Crippen LogP contribution in [-0.4, -0.2) is 23.1 Å². The van der Waals surface area contributed by atoms with Gasteiger partial charge in [-0.2, -0.15) is 4.37 Å². The van der Waals surface area contributed by atoms with Crippen molar-refractivity contribution in [1.82, 2.24) is 4.37 Å². The van der Waals surface area contributed by atoms with Crippen LogP contribution in [0.25, 0.3) is 0 Å². The van der Waals surface area contributed by atoms with E-state index in [0.29, 0.717) is 11.9 Å². The summed E-state index contributed by atoms with van der Waals surface area (Å²) in [5.41, 5.74) is 6.01. The van der Waals surface area contributed by atoms with Crippen molar-refractivity contribution in [2.45, 2.75) is 64.5 Å². The predicted octanol–water partition coefficient (Wildman–Crippen LogP) is 3.67. The Morgan fingerprint density at radius 3 is 2.80 bits per heavy atom. The van der Waals surface area contributed by atoms with Crippen molar-refractivity contribution in [2.24, 2.45) is 5.92 Å². The van der Waals surface area contributed by atoms with E-state index in [9.17, 15) is 0 Å². The van der Waals surface area contributed by atoms with E-state index < -0.39 is 0 Å². The van der Waals surface area contributed by atoms with E-state index in [0.717, 1.165) is 23.2 Å². The average Bonchev–Trinajstić information content (AvgIpc) is 2.79. The van der Waals surface area contributed by atoms with Gasteiger partial charge in [0.2, 0.25) is 0 Å². The molecule has 1 aromatic heterocycles. The molecule has 0 spiro atoms. The lowest BCUT2D eigenvalue weighted by Gasteiger charge is -2.44. The van der Waals surface area contributed by atoms with Crippen molar-refractivity contribution < 1.29 is 4.74 Å². The Morgan fingerprint density at radius 2 is 2.00 bits per heavy atom. The molecule has 3 rings (SSSR count). The summed E-state index contributed by atoms with van der Waals surface area (Å²) in [4.78, 5) is 2.54. The number of anilines is 2. The SMILES string of the molecule is CC(C)Oc1c(N)nsc1N1CCCC2CCCCC21. The van der Waals surface area contributed by atoms with Gasteiger partial charge in [-0.05, 0) is 57.0 Å². The molecular formula is C15H25N3OS. The quantitative estimate of drug-likeness (QED) is 0.924. The largest absolute Gasteiger partial charge is 0.484 e. The molecule has 0 aromatic carbocycles. The van der Waals surface area contributed by atoms with E-state index in [2.05, 4.69) is 9.27 Å². The molecule has 2 unspecified atom stereocenters. The molecule has 1 saturated heterocycles. The third-order valence-corrected chi connectivity index (χ3v) is 5.40. The lowest BCUT2D eigenvalue weighted by Crippen LogP contribution is -2.46. The Hall–Kier alpha value is -0.970. The average molecular weight is 295 g/mol. The van der Waals surface area contributed by atoms with Crippen LogP contribution < -0.4 is 15.4 Å². The van der Waals surface area contributed by atoms with Crippen LogP contribution in [0.1, 0.15) is 52.4 Å². The second-order valence-corrected chi connectivity index (χ2v) is 7.07. The van der Waals surface area contributed by atoms with Gasteiger partial charge in [-0.25, -0.2) is 0 Å². The van der Waals surface area contributed by atoms with Crippen LogP contribution in [0.2, 0.25) is 0 Å². The van der Waals surface area contributed by atoms with Crippen molar-refractivity contribution in [1.29, 1.82) is 0 Å². The fraction of sp³-hybridized carbons (Fsp3) is 0.800. The summed E-state index contributed by atoms with van der Waals surface area (Å²) >= 11 is 1.51. The summed E-state index contributed by atoms with van der Waals surface area (Å²) in [5, 5.41) is 1.16. The Bertz CT molecular complexity index is 458. The number of fused-ring (bicyclic) bond motifs is 1. The zero-order chi connectivity index (χ0) is 14.1. The fourth-order valence-electron chi connectivity index (χ4n) is 3.69. The Labute approximate surface area is 125 Å². The standard InChI is InChI=1S/C15H25N3OS/c1-10(2)19-13-14(16)17-20-15(13)18-9-5-7-11-6-3-4-8-12(11)18/h10-12H,3-9H2,1-2H3,(H2,16,17). The van der Waals surface area contributed by atoms with E-state index in [4.69, 9.17) is 10.5 Å². The lowest BCUT2D eigenvalue weighted by molar-refractivity contribution is 0.231. The number of nitrogens with zero attached hydrogens (tertiary/aromatic N) is 2. The maximum absolute atomic E-state index is 6.01. The minimum absolute atomic E-state index is 0.138. The molecular weight excluding hydrogens is 270 g/mol. The topological polar surface area (TPSA) is 51.4 Å². The number of aromatic nitrogens is 1. The number of hydrogen-bond donors (Lipinski definition) is 1. The van der Waals surface area contributed by atoms with Crippen molar-refractivity contribution >= 4 is 22.4 Å². The zero-order valence-electron chi connectivity index (χ0n) is 12.5. The summed E-state index contributed by atoms with van der Waals surface area (Å²) in [6, 6.07) is 0.673. The number of hydrogen-bond acceptors (Lipinski definition) is 5. The van der Waals surface area contributed by atoms with Gasteiger partial charge in [0.05, 0.1) is 6.10 Å². The van der Waals surface area contributed by atoms with Crippen LogP contribution in [0.4, 0.5) is 10.8 Å². The van der Waals surface area contributed by atoms with E-state index in [1.165, 1.54) is 50.1 Å². The highest BCUT2D eigenvalue weighted by Gasteiger charge is 2.36. The first-order valence-corrected chi connectivity index (χ1v) is 8.62. The van der Waals surface area contributed by atoms with Crippen LogP contribution in [0.15, 0.2) is 0 Å². The first-order valence-electron chi connectivity index (χ1n) is 7.85. The molecule has 0 bridgehead atoms. The van der Waals surface area contributed by atoms with Gasteiger partial charge in [-0.3, -0.25) is 0 Å². The molecule has 4 nitrogen and oxygen atoms in total. The zero-order valence-corrected chi connectivity index (χ0v) is 13.3. The number of rotatable bonds is 3. The van der Waals surface area contributed by atoms with Gasteiger partial charge in [0.25, 0.3) is 0 Å². The van der Waals surface area contributed by atoms with E-state index in [1.54, 1.807) is 0 Å². The third kappa shape index (κ3) is 2.60. The molecule has 2 N–H and O–H groups in total. The molecule has 1 aliphatic heterocycles. The molecule has 2 atom stereocenters. The smallest absolute Gasteiger partial charge is 0.198 e. The molecule has 2 heterocycles. The Morgan fingerprint density at radius 1 is 1.25 bits per heavy atom. The molecule has 112 valence electrons. The second kappa shape index (κ2) is 5.80. The highest BCUT2D eigenvalue weighted by atomic mass is 32.1. The summed E-state index contributed by atoms with van der Waals surface area (Å²) in [5.74, 6) is 2.22. The van der Waals surface area contributed by atoms with Crippen molar-refractivity contribution in [3.63, 3.8) is 0 Å². The highest BCUT2D eigenvalue weighted by Crippen LogP contribution is 2.45. The number of piperidine rings is 1. The van der Waals surface area contributed by atoms with Gasteiger partial charge in [-0.15, -0.1) is 0 Å². The third-order valence-electron chi connectivity index (χ3n) is 4.51. The Kier molecular flexibility index (Phi) is 4.06. The maximum Gasteiger partial charge on any atom is 0.198 e. The van der Waals surface area contributed by atoms with Crippen LogP contribution >= 0.6 is 11.5 Å². The number of ether oxygens (including phenoxy) is 1. The lowest BCUT2D eigenvalue weighted by atomic mass is 9.78. The van der Waals surface area contributed by atoms with Crippen LogP contribution in [-0.2, 0) is 0 Å². The molecule has 20 heavy (non-hydrogen) atoms. The van der Waals surface area contributed by atoms with E-state index >= 15 is 0 Å². The second-order valence-electron chi connectivity index (χ2n) is 6.32. The van der Waals surface area contributed by atoms with Crippen LogP contribution in [0, 0.1) is 5.92 Å². The van der Waals surface area contributed by atoms with Crippen molar-refractivity contribution in [2.75, 3.05) is 17.2 Å². The van der Waals surface area contributed by atoms with Gasteiger partial charge >= 0.3 is 0 Å². The first kappa shape index (κ1) is 14.0. The molecule has 1 aromatic rings. The first-order chi connectivity index (χ1) is 9.66. The van der Waals surface area contributed by atoms with E-state index in [1.807, 2.05) is 13.8 Å². The molecule has 2 fully saturated rings. The summed E-state index contributed by atoms with van der Waals surface area (Å²) in [6.07, 6.45) is 8.25. The van der Waals surface area contributed by atoms with Crippen molar-refractivity contribution in [3.8, 4) is 5.75 Å².